The summed E-state index contributed by atoms with van der Waals surface area (Å²) in [5.74, 6) is -0.189. The lowest BCUT2D eigenvalue weighted by Crippen LogP contribution is -2.29. The molecular formula is C16H23FN2O. The molecule has 2 unspecified atom stereocenters. The van der Waals surface area contributed by atoms with Gasteiger partial charge >= 0.3 is 0 Å². The predicted molar refractivity (Wildman–Crippen MR) is 78.0 cm³/mol. The number of benzene rings is 1. The molecule has 1 fully saturated rings. The average Bonchev–Trinajstić information content (AvgIpc) is 2.92. The van der Waals surface area contributed by atoms with Crippen LogP contribution in [0, 0.1) is 12.7 Å². The van der Waals surface area contributed by atoms with Crippen molar-refractivity contribution in [1.82, 2.24) is 10.6 Å². The normalized spacial score (nSPS) is 19.9. The zero-order valence-electron chi connectivity index (χ0n) is 12.2. The maximum absolute atomic E-state index is 13.5. The van der Waals surface area contributed by atoms with Crippen LogP contribution < -0.4 is 10.6 Å². The molecule has 1 aliphatic rings. The van der Waals surface area contributed by atoms with Gasteiger partial charge in [-0.15, -0.1) is 0 Å². The fourth-order valence-electron chi connectivity index (χ4n) is 2.58. The molecule has 110 valence electrons. The van der Waals surface area contributed by atoms with Crippen LogP contribution >= 0.6 is 0 Å². The van der Waals surface area contributed by atoms with Gasteiger partial charge in [-0.3, -0.25) is 4.79 Å². The maximum Gasteiger partial charge on any atom is 0.220 e. The zero-order chi connectivity index (χ0) is 14.5. The lowest BCUT2D eigenvalue weighted by molar-refractivity contribution is -0.121. The molecular weight excluding hydrogens is 255 g/mol. The Balaban J connectivity index is 1.81. The topological polar surface area (TPSA) is 41.1 Å². The zero-order valence-corrected chi connectivity index (χ0v) is 12.2. The summed E-state index contributed by atoms with van der Waals surface area (Å²) in [6.45, 7) is 4.68. The molecule has 2 atom stereocenters. The van der Waals surface area contributed by atoms with Crippen LogP contribution in [0.3, 0.4) is 0 Å². The SMILES string of the molecule is Cc1ccc(C(C)NC(=O)CCC2CCCN2)cc1F. The summed E-state index contributed by atoms with van der Waals surface area (Å²) in [4.78, 5) is 11.9. The lowest BCUT2D eigenvalue weighted by atomic mass is 10.1. The van der Waals surface area contributed by atoms with Gasteiger partial charge in [-0.1, -0.05) is 12.1 Å². The molecule has 2 N–H and O–H groups in total. The van der Waals surface area contributed by atoms with E-state index in [0.717, 1.165) is 24.9 Å². The molecule has 1 saturated heterocycles. The molecule has 1 aromatic rings. The van der Waals surface area contributed by atoms with Crippen molar-refractivity contribution in [3.8, 4) is 0 Å². The Kier molecular flexibility index (Phi) is 5.12. The maximum atomic E-state index is 13.5. The van der Waals surface area contributed by atoms with Gasteiger partial charge in [-0.25, -0.2) is 4.39 Å². The first kappa shape index (κ1) is 15.0. The summed E-state index contributed by atoms with van der Waals surface area (Å²) >= 11 is 0. The third-order valence-corrected chi connectivity index (χ3v) is 3.96. The Morgan fingerprint density at radius 2 is 2.35 bits per heavy atom. The number of halogens is 1. The largest absolute Gasteiger partial charge is 0.350 e. The molecule has 2 rings (SSSR count). The minimum absolute atomic E-state index is 0.0344. The van der Waals surface area contributed by atoms with E-state index in [4.69, 9.17) is 0 Å². The van der Waals surface area contributed by atoms with Crippen LogP contribution in [-0.2, 0) is 4.79 Å². The van der Waals surface area contributed by atoms with Gasteiger partial charge in [0.25, 0.3) is 0 Å². The van der Waals surface area contributed by atoms with E-state index >= 15 is 0 Å². The molecule has 0 aliphatic carbocycles. The van der Waals surface area contributed by atoms with Crippen LogP contribution in [0.2, 0.25) is 0 Å². The fourth-order valence-corrected chi connectivity index (χ4v) is 2.58. The molecule has 0 radical (unpaired) electrons. The molecule has 0 saturated carbocycles. The fraction of sp³-hybridized carbons (Fsp3) is 0.562. The highest BCUT2D eigenvalue weighted by Gasteiger charge is 2.16. The van der Waals surface area contributed by atoms with Gasteiger partial charge in [0.05, 0.1) is 6.04 Å². The third-order valence-electron chi connectivity index (χ3n) is 3.96. The van der Waals surface area contributed by atoms with Crippen molar-refractivity contribution >= 4 is 5.91 Å². The first-order chi connectivity index (χ1) is 9.56. The Morgan fingerprint density at radius 3 is 3.00 bits per heavy atom. The van der Waals surface area contributed by atoms with Gasteiger partial charge < -0.3 is 10.6 Å². The van der Waals surface area contributed by atoms with Crippen molar-refractivity contribution in [1.29, 1.82) is 0 Å². The summed E-state index contributed by atoms with van der Waals surface area (Å²) < 4.78 is 13.5. The molecule has 20 heavy (non-hydrogen) atoms. The van der Waals surface area contributed by atoms with E-state index in [2.05, 4.69) is 10.6 Å². The molecule has 1 aliphatic heterocycles. The van der Waals surface area contributed by atoms with Crippen LogP contribution in [0.1, 0.15) is 49.8 Å². The van der Waals surface area contributed by atoms with Gasteiger partial charge in [-0.05, 0) is 56.8 Å². The number of carbonyl (C=O) groups is 1. The standard InChI is InChI=1S/C16H23FN2O/c1-11-5-6-13(10-15(11)17)12(2)19-16(20)8-7-14-4-3-9-18-14/h5-6,10,12,14,18H,3-4,7-9H2,1-2H3,(H,19,20). The number of rotatable bonds is 5. The number of hydrogen-bond donors (Lipinski definition) is 2. The van der Waals surface area contributed by atoms with E-state index in [0.29, 0.717) is 18.0 Å². The predicted octanol–water partition coefficient (Wildman–Crippen LogP) is 2.84. The number of nitrogens with one attached hydrogen (secondary N) is 2. The number of carbonyl (C=O) groups excluding carboxylic acids is 1. The average molecular weight is 278 g/mol. The Bertz CT molecular complexity index is 470. The Hall–Kier alpha value is -1.42. The molecule has 1 heterocycles. The van der Waals surface area contributed by atoms with E-state index in [1.807, 2.05) is 13.0 Å². The smallest absolute Gasteiger partial charge is 0.220 e. The highest BCUT2D eigenvalue weighted by Crippen LogP contribution is 2.17. The second-order valence-corrected chi connectivity index (χ2v) is 5.63. The summed E-state index contributed by atoms with van der Waals surface area (Å²) in [6.07, 6.45) is 3.76. The van der Waals surface area contributed by atoms with Crippen LogP contribution in [0.4, 0.5) is 4.39 Å². The van der Waals surface area contributed by atoms with Crippen molar-refractivity contribution in [2.24, 2.45) is 0 Å². The molecule has 0 aromatic heterocycles. The first-order valence-corrected chi connectivity index (χ1v) is 7.35. The molecule has 0 bridgehead atoms. The molecule has 4 heteroatoms. The summed E-state index contributed by atoms with van der Waals surface area (Å²) in [6, 6.07) is 5.43. The van der Waals surface area contributed by atoms with Crippen LogP contribution in [0.15, 0.2) is 18.2 Å². The second-order valence-electron chi connectivity index (χ2n) is 5.63. The molecule has 1 amide bonds. The molecule has 1 aromatic carbocycles. The Labute approximate surface area is 120 Å². The van der Waals surface area contributed by atoms with Crippen molar-refractivity contribution < 1.29 is 9.18 Å². The summed E-state index contributed by atoms with van der Waals surface area (Å²) in [5, 5.41) is 6.31. The highest BCUT2D eigenvalue weighted by atomic mass is 19.1. The number of amides is 1. The van der Waals surface area contributed by atoms with Crippen molar-refractivity contribution in [3.05, 3.63) is 35.1 Å². The second kappa shape index (κ2) is 6.84. The number of hydrogen-bond acceptors (Lipinski definition) is 2. The third kappa shape index (κ3) is 4.04. The van der Waals surface area contributed by atoms with Gasteiger partial charge in [0.2, 0.25) is 5.91 Å². The van der Waals surface area contributed by atoms with Gasteiger partial charge in [0, 0.05) is 12.5 Å². The van der Waals surface area contributed by atoms with Gasteiger partial charge in [0.15, 0.2) is 0 Å². The van der Waals surface area contributed by atoms with Gasteiger partial charge in [0.1, 0.15) is 5.82 Å². The molecule has 0 spiro atoms. The Morgan fingerprint density at radius 1 is 1.55 bits per heavy atom. The quantitative estimate of drug-likeness (QED) is 0.869. The number of aryl methyl sites for hydroxylation is 1. The van der Waals surface area contributed by atoms with Crippen LogP contribution in [0.5, 0.6) is 0 Å². The van der Waals surface area contributed by atoms with Crippen LogP contribution in [-0.4, -0.2) is 18.5 Å². The minimum Gasteiger partial charge on any atom is -0.350 e. The van der Waals surface area contributed by atoms with Crippen molar-refractivity contribution in [2.75, 3.05) is 6.54 Å². The van der Waals surface area contributed by atoms with E-state index in [9.17, 15) is 9.18 Å². The van der Waals surface area contributed by atoms with E-state index < -0.39 is 0 Å². The first-order valence-electron chi connectivity index (χ1n) is 7.35. The van der Waals surface area contributed by atoms with Crippen LogP contribution in [0.25, 0.3) is 0 Å². The minimum atomic E-state index is -0.223. The van der Waals surface area contributed by atoms with E-state index in [1.54, 1.807) is 13.0 Å². The van der Waals surface area contributed by atoms with E-state index in [-0.39, 0.29) is 17.8 Å². The van der Waals surface area contributed by atoms with Gasteiger partial charge in [-0.2, -0.15) is 0 Å². The monoisotopic (exact) mass is 278 g/mol. The summed E-state index contributed by atoms with van der Waals surface area (Å²) in [5.41, 5.74) is 1.43. The lowest BCUT2D eigenvalue weighted by Gasteiger charge is -2.16. The van der Waals surface area contributed by atoms with Crippen molar-refractivity contribution in [3.63, 3.8) is 0 Å². The van der Waals surface area contributed by atoms with E-state index in [1.165, 1.54) is 12.5 Å². The molecule has 3 nitrogen and oxygen atoms in total. The highest BCUT2D eigenvalue weighted by molar-refractivity contribution is 5.76. The summed E-state index contributed by atoms with van der Waals surface area (Å²) in [7, 11) is 0. The van der Waals surface area contributed by atoms with Crippen molar-refractivity contribution in [2.45, 2.75) is 51.6 Å².